The molecule has 3 aromatic rings. The minimum Gasteiger partial charge on any atom is -0.354 e. The summed E-state index contributed by atoms with van der Waals surface area (Å²) in [5.74, 6) is 0.0125. The van der Waals surface area contributed by atoms with Crippen LogP contribution in [-0.4, -0.2) is 39.9 Å². The molecule has 1 fully saturated rings. The first kappa shape index (κ1) is 16.9. The van der Waals surface area contributed by atoms with Gasteiger partial charge < -0.3 is 4.90 Å². The quantitative estimate of drug-likeness (QED) is 0.700. The molecule has 4 heterocycles. The molecule has 28 heavy (non-hydrogen) atoms. The Bertz CT molecular complexity index is 1050. The normalized spacial score (nSPS) is 18.8. The largest absolute Gasteiger partial charge is 0.354 e. The molecule has 0 bridgehead atoms. The van der Waals surface area contributed by atoms with Crippen molar-refractivity contribution < 1.29 is 13.6 Å². The number of amides is 1. The van der Waals surface area contributed by atoms with Crippen LogP contribution >= 0.6 is 0 Å². The topological polar surface area (TPSA) is 54.3 Å². The van der Waals surface area contributed by atoms with Gasteiger partial charge in [0.1, 0.15) is 17.8 Å². The maximum absolute atomic E-state index is 14.0. The first-order valence-corrected chi connectivity index (χ1v) is 9.10. The van der Waals surface area contributed by atoms with Gasteiger partial charge in [-0.3, -0.25) is 9.69 Å². The van der Waals surface area contributed by atoms with E-state index in [1.807, 2.05) is 17.0 Å². The van der Waals surface area contributed by atoms with Crippen LogP contribution in [0.15, 0.2) is 48.8 Å². The Balaban J connectivity index is 1.38. The monoisotopic (exact) mass is 381 g/mol. The van der Waals surface area contributed by atoms with E-state index in [0.717, 1.165) is 5.82 Å². The highest BCUT2D eigenvalue weighted by atomic mass is 19.1. The van der Waals surface area contributed by atoms with Crippen LogP contribution in [0.3, 0.4) is 0 Å². The number of hydrogen-bond acceptors (Lipinski definition) is 4. The van der Waals surface area contributed by atoms with Gasteiger partial charge in [-0.05, 0) is 30.7 Å². The summed E-state index contributed by atoms with van der Waals surface area (Å²) in [6, 6.07) is 9.86. The van der Waals surface area contributed by atoms with E-state index < -0.39 is 12.0 Å². The van der Waals surface area contributed by atoms with Gasteiger partial charge >= 0.3 is 0 Å². The van der Waals surface area contributed by atoms with Gasteiger partial charge in [-0.25, -0.2) is 18.4 Å². The Labute approximate surface area is 160 Å². The van der Waals surface area contributed by atoms with Crippen LogP contribution in [-0.2, 0) is 6.54 Å². The van der Waals surface area contributed by atoms with E-state index in [-0.39, 0.29) is 18.1 Å². The number of fused-ring (bicyclic) bond motifs is 1. The number of aromatic nitrogens is 3. The second-order valence-corrected chi connectivity index (χ2v) is 6.98. The summed E-state index contributed by atoms with van der Waals surface area (Å²) < 4.78 is 29.0. The maximum atomic E-state index is 14.0. The second-order valence-electron chi connectivity index (χ2n) is 6.98. The van der Waals surface area contributed by atoms with E-state index >= 15 is 0 Å². The zero-order valence-corrected chi connectivity index (χ0v) is 14.9. The molecule has 8 heteroatoms. The van der Waals surface area contributed by atoms with Crippen molar-refractivity contribution in [3.8, 4) is 5.69 Å². The Morgan fingerprint density at radius 1 is 1.14 bits per heavy atom. The van der Waals surface area contributed by atoms with Crippen molar-refractivity contribution in [2.75, 3.05) is 22.9 Å². The molecule has 0 spiro atoms. The van der Waals surface area contributed by atoms with Crippen LogP contribution < -0.4 is 9.80 Å². The van der Waals surface area contributed by atoms with Crippen LogP contribution in [0.2, 0.25) is 0 Å². The molecule has 1 saturated heterocycles. The molecule has 142 valence electrons. The summed E-state index contributed by atoms with van der Waals surface area (Å²) in [7, 11) is 0. The van der Waals surface area contributed by atoms with Crippen LogP contribution in [0.25, 0.3) is 5.69 Å². The van der Waals surface area contributed by atoms with Crippen molar-refractivity contribution in [3.63, 3.8) is 0 Å². The molecule has 0 unspecified atom stereocenters. The average Bonchev–Trinajstić information content (AvgIpc) is 3.39. The fraction of sp³-hybridized carbons (Fsp3) is 0.250. The number of pyridine rings is 1. The number of benzene rings is 1. The van der Waals surface area contributed by atoms with Gasteiger partial charge in [0.05, 0.1) is 41.9 Å². The minimum absolute atomic E-state index is 0.222. The second kappa shape index (κ2) is 6.40. The van der Waals surface area contributed by atoms with E-state index in [2.05, 4.69) is 10.1 Å². The lowest BCUT2D eigenvalue weighted by atomic mass is 10.2. The third kappa shape index (κ3) is 2.72. The van der Waals surface area contributed by atoms with Crippen molar-refractivity contribution in [1.82, 2.24) is 14.8 Å². The summed E-state index contributed by atoms with van der Waals surface area (Å²) in [4.78, 5) is 20.4. The number of nitrogens with zero attached hydrogens (tertiary/aromatic N) is 5. The molecular weight excluding hydrogens is 364 g/mol. The molecule has 2 aromatic heterocycles. The van der Waals surface area contributed by atoms with Gasteiger partial charge in [0.25, 0.3) is 5.91 Å². The first-order chi connectivity index (χ1) is 13.6. The molecule has 1 atom stereocenters. The molecular formula is C20H17F2N5O. The zero-order valence-electron chi connectivity index (χ0n) is 14.9. The van der Waals surface area contributed by atoms with Gasteiger partial charge in [-0.1, -0.05) is 12.1 Å². The molecule has 0 saturated carbocycles. The van der Waals surface area contributed by atoms with E-state index in [0.29, 0.717) is 36.5 Å². The molecule has 0 radical (unpaired) electrons. The van der Waals surface area contributed by atoms with Gasteiger partial charge in [-0.2, -0.15) is 5.10 Å². The lowest BCUT2D eigenvalue weighted by Crippen LogP contribution is -2.24. The predicted molar refractivity (Wildman–Crippen MR) is 100.0 cm³/mol. The summed E-state index contributed by atoms with van der Waals surface area (Å²) in [6.45, 7) is 1.24. The standard InChI is InChI=1S/C20H17F2N5O/c21-13-7-8-25(10-13)19-6-5-14(9-23-19)27-11-15-17(24-27)12-26(20(15)28)18-4-2-1-3-16(18)22/h1-6,9,11,13H,7-8,10,12H2/t13-/m1/s1. The van der Waals surface area contributed by atoms with Gasteiger partial charge in [0, 0.05) is 12.7 Å². The number of carbonyl (C=O) groups excluding carboxylic acids is 1. The number of carbonyl (C=O) groups is 1. The van der Waals surface area contributed by atoms with Crippen molar-refractivity contribution in [2.24, 2.45) is 0 Å². The van der Waals surface area contributed by atoms with Gasteiger partial charge in [0.2, 0.25) is 0 Å². The highest BCUT2D eigenvalue weighted by Crippen LogP contribution is 2.30. The molecule has 2 aliphatic rings. The average molecular weight is 381 g/mol. The summed E-state index contributed by atoms with van der Waals surface area (Å²) in [5, 5.41) is 4.47. The van der Waals surface area contributed by atoms with E-state index in [1.54, 1.807) is 35.3 Å². The summed E-state index contributed by atoms with van der Waals surface area (Å²) >= 11 is 0. The molecule has 6 nitrogen and oxygen atoms in total. The van der Waals surface area contributed by atoms with E-state index in [4.69, 9.17) is 0 Å². The fourth-order valence-corrected chi connectivity index (χ4v) is 3.70. The van der Waals surface area contributed by atoms with Crippen LogP contribution in [0.5, 0.6) is 0 Å². The lowest BCUT2D eigenvalue weighted by Gasteiger charge is -2.17. The Morgan fingerprint density at radius 3 is 2.68 bits per heavy atom. The minimum atomic E-state index is -0.807. The van der Waals surface area contributed by atoms with Crippen LogP contribution in [0, 0.1) is 5.82 Å². The van der Waals surface area contributed by atoms with E-state index in [1.165, 1.54) is 11.0 Å². The Morgan fingerprint density at radius 2 is 2.00 bits per heavy atom. The lowest BCUT2D eigenvalue weighted by molar-refractivity contribution is 0.0995. The highest BCUT2D eigenvalue weighted by Gasteiger charge is 2.33. The molecule has 0 N–H and O–H groups in total. The predicted octanol–water partition coefficient (Wildman–Crippen LogP) is 3.12. The number of hydrogen-bond donors (Lipinski definition) is 0. The Hall–Kier alpha value is -3.29. The smallest absolute Gasteiger partial charge is 0.262 e. The van der Waals surface area contributed by atoms with Crippen molar-refractivity contribution >= 4 is 17.4 Å². The van der Waals surface area contributed by atoms with Crippen molar-refractivity contribution in [3.05, 3.63) is 65.9 Å². The number of alkyl halides is 1. The highest BCUT2D eigenvalue weighted by molar-refractivity contribution is 6.09. The fourth-order valence-electron chi connectivity index (χ4n) is 3.70. The number of para-hydroxylation sites is 1. The van der Waals surface area contributed by atoms with Crippen molar-refractivity contribution in [2.45, 2.75) is 19.1 Å². The van der Waals surface area contributed by atoms with Crippen LogP contribution in [0.4, 0.5) is 20.3 Å². The summed E-state index contributed by atoms with van der Waals surface area (Å²) in [5.41, 5.74) is 2.00. The molecule has 5 rings (SSSR count). The zero-order chi connectivity index (χ0) is 19.3. The number of anilines is 2. The van der Waals surface area contributed by atoms with Gasteiger partial charge in [0.15, 0.2) is 0 Å². The van der Waals surface area contributed by atoms with Crippen LogP contribution in [0.1, 0.15) is 22.5 Å². The molecule has 1 amide bonds. The van der Waals surface area contributed by atoms with Gasteiger partial charge in [-0.15, -0.1) is 0 Å². The maximum Gasteiger partial charge on any atom is 0.262 e. The molecule has 2 aliphatic heterocycles. The molecule has 0 aliphatic carbocycles. The Kier molecular flexibility index (Phi) is 3.85. The molecule has 1 aromatic carbocycles. The first-order valence-electron chi connectivity index (χ1n) is 9.10. The number of rotatable bonds is 3. The number of halogens is 2. The summed E-state index contributed by atoms with van der Waals surface area (Å²) in [6.07, 6.45) is 3.01. The third-order valence-electron chi connectivity index (χ3n) is 5.17. The van der Waals surface area contributed by atoms with Crippen molar-refractivity contribution in [1.29, 1.82) is 0 Å². The third-order valence-corrected chi connectivity index (χ3v) is 5.17. The SMILES string of the molecule is O=C1c2cn(-c3ccc(N4CC[C@@H](F)C4)nc3)nc2CN1c1ccccc1F. The van der Waals surface area contributed by atoms with E-state index in [9.17, 15) is 13.6 Å².